The van der Waals surface area contributed by atoms with E-state index < -0.39 is 0 Å². The minimum atomic E-state index is 0.209. The van der Waals surface area contributed by atoms with Gasteiger partial charge >= 0.3 is 0 Å². The third kappa shape index (κ3) is 2.98. The average Bonchev–Trinajstić information content (AvgIpc) is 2.52. The van der Waals surface area contributed by atoms with Gasteiger partial charge in [0.1, 0.15) is 0 Å². The standard InChI is InChI=1S/C11H23N3/c1-8(2)10-4-5-14(7-10)6-9(3)11(12)13/h8-10H,4-7H2,1-3H3,(H3,12,13). The van der Waals surface area contributed by atoms with Crippen LogP contribution in [-0.2, 0) is 0 Å². The van der Waals surface area contributed by atoms with Gasteiger partial charge in [-0.1, -0.05) is 20.8 Å². The van der Waals surface area contributed by atoms with Gasteiger partial charge in [0, 0.05) is 19.0 Å². The monoisotopic (exact) mass is 197 g/mol. The molecular formula is C11H23N3. The summed E-state index contributed by atoms with van der Waals surface area (Å²) in [6.07, 6.45) is 1.31. The van der Waals surface area contributed by atoms with E-state index >= 15 is 0 Å². The van der Waals surface area contributed by atoms with Gasteiger partial charge in [0.15, 0.2) is 0 Å². The minimum absolute atomic E-state index is 0.209. The zero-order valence-electron chi connectivity index (χ0n) is 9.59. The Morgan fingerprint density at radius 1 is 1.50 bits per heavy atom. The molecule has 0 aromatic carbocycles. The van der Waals surface area contributed by atoms with Crippen molar-refractivity contribution in [3.05, 3.63) is 0 Å². The fraction of sp³-hybridized carbons (Fsp3) is 0.909. The van der Waals surface area contributed by atoms with Gasteiger partial charge in [-0.15, -0.1) is 0 Å². The van der Waals surface area contributed by atoms with Gasteiger partial charge in [-0.05, 0) is 24.8 Å². The molecule has 1 heterocycles. The summed E-state index contributed by atoms with van der Waals surface area (Å²) in [5, 5.41) is 7.35. The molecule has 0 spiro atoms. The molecule has 0 saturated carbocycles. The molecule has 1 saturated heterocycles. The Kier molecular flexibility index (Phi) is 3.93. The Morgan fingerprint density at radius 2 is 2.14 bits per heavy atom. The first-order chi connectivity index (χ1) is 6.50. The normalized spacial score (nSPS) is 25.6. The van der Waals surface area contributed by atoms with E-state index in [-0.39, 0.29) is 5.92 Å². The molecule has 2 unspecified atom stereocenters. The number of nitrogens with two attached hydrogens (primary N) is 1. The van der Waals surface area contributed by atoms with Crippen molar-refractivity contribution < 1.29 is 0 Å². The first-order valence-corrected chi connectivity index (χ1v) is 5.57. The van der Waals surface area contributed by atoms with Crippen LogP contribution in [0.15, 0.2) is 0 Å². The van der Waals surface area contributed by atoms with Gasteiger partial charge in [0.05, 0.1) is 5.84 Å². The molecular weight excluding hydrogens is 174 g/mol. The van der Waals surface area contributed by atoms with E-state index in [2.05, 4.69) is 18.7 Å². The SMILES string of the molecule is CC(CN1CCC(C(C)C)C1)C(=N)N. The van der Waals surface area contributed by atoms with E-state index in [0.29, 0.717) is 5.84 Å². The van der Waals surface area contributed by atoms with E-state index in [9.17, 15) is 0 Å². The van der Waals surface area contributed by atoms with Crippen LogP contribution >= 0.6 is 0 Å². The molecule has 0 aliphatic carbocycles. The zero-order valence-corrected chi connectivity index (χ0v) is 9.59. The fourth-order valence-corrected chi connectivity index (χ4v) is 2.06. The molecule has 0 aromatic heterocycles. The average molecular weight is 197 g/mol. The Hall–Kier alpha value is -0.570. The van der Waals surface area contributed by atoms with Crippen molar-refractivity contribution in [3.8, 4) is 0 Å². The minimum Gasteiger partial charge on any atom is -0.387 e. The summed E-state index contributed by atoms with van der Waals surface area (Å²) in [6.45, 7) is 9.95. The molecule has 3 heteroatoms. The van der Waals surface area contributed by atoms with Gasteiger partial charge in [0.25, 0.3) is 0 Å². The second-order valence-corrected chi connectivity index (χ2v) is 4.91. The summed E-state index contributed by atoms with van der Waals surface area (Å²) >= 11 is 0. The highest BCUT2D eigenvalue weighted by molar-refractivity contribution is 5.79. The van der Waals surface area contributed by atoms with Crippen LogP contribution in [0.1, 0.15) is 27.2 Å². The molecule has 3 N–H and O–H groups in total. The van der Waals surface area contributed by atoms with Crippen molar-refractivity contribution in [3.63, 3.8) is 0 Å². The topological polar surface area (TPSA) is 53.1 Å². The van der Waals surface area contributed by atoms with E-state index in [4.69, 9.17) is 11.1 Å². The highest BCUT2D eigenvalue weighted by Gasteiger charge is 2.25. The zero-order chi connectivity index (χ0) is 10.7. The van der Waals surface area contributed by atoms with Crippen molar-refractivity contribution in [1.29, 1.82) is 5.41 Å². The maximum atomic E-state index is 7.35. The smallest absolute Gasteiger partial charge is 0.0947 e. The molecule has 0 amide bonds. The number of nitrogens with one attached hydrogen (secondary N) is 1. The Balaban J connectivity index is 2.32. The summed E-state index contributed by atoms with van der Waals surface area (Å²) in [4.78, 5) is 2.44. The van der Waals surface area contributed by atoms with Crippen LogP contribution in [0.3, 0.4) is 0 Å². The lowest BCUT2D eigenvalue weighted by atomic mass is 9.95. The lowest BCUT2D eigenvalue weighted by Crippen LogP contribution is -2.33. The lowest BCUT2D eigenvalue weighted by molar-refractivity contribution is 0.288. The summed E-state index contributed by atoms with van der Waals surface area (Å²) in [5.41, 5.74) is 5.47. The number of rotatable bonds is 4. The third-order valence-electron chi connectivity index (χ3n) is 3.31. The lowest BCUT2D eigenvalue weighted by Gasteiger charge is -2.20. The van der Waals surface area contributed by atoms with Gasteiger partial charge in [-0.2, -0.15) is 0 Å². The Labute approximate surface area is 87.2 Å². The number of nitrogens with zero attached hydrogens (tertiary/aromatic N) is 1. The third-order valence-corrected chi connectivity index (χ3v) is 3.31. The predicted octanol–water partition coefficient (Wildman–Crippen LogP) is 1.54. The number of amidine groups is 1. The predicted molar refractivity (Wildman–Crippen MR) is 60.5 cm³/mol. The molecule has 0 radical (unpaired) electrons. The van der Waals surface area contributed by atoms with Crippen LogP contribution in [0.4, 0.5) is 0 Å². The highest BCUT2D eigenvalue weighted by Crippen LogP contribution is 2.23. The maximum absolute atomic E-state index is 7.35. The Bertz CT molecular complexity index is 201. The molecule has 1 fully saturated rings. The molecule has 0 aromatic rings. The van der Waals surface area contributed by atoms with Gasteiger partial charge in [-0.25, -0.2) is 0 Å². The summed E-state index contributed by atoms with van der Waals surface area (Å²) < 4.78 is 0. The van der Waals surface area contributed by atoms with Crippen molar-refractivity contribution in [2.75, 3.05) is 19.6 Å². The quantitative estimate of drug-likeness (QED) is 0.530. The first-order valence-electron chi connectivity index (χ1n) is 5.57. The van der Waals surface area contributed by atoms with E-state index in [1.165, 1.54) is 19.5 Å². The van der Waals surface area contributed by atoms with Crippen LogP contribution in [0.2, 0.25) is 0 Å². The molecule has 0 bridgehead atoms. The van der Waals surface area contributed by atoms with Crippen LogP contribution < -0.4 is 5.73 Å². The van der Waals surface area contributed by atoms with Crippen molar-refractivity contribution in [2.24, 2.45) is 23.5 Å². The first kappa shape index (κ1) is 11.5. The number of hydrogen-bond acceptors (Lipinski definition) is 2. The molecule has 82 valence electrons. The summed E-state index contributed by atoms with van der Waals surface area (Å²) in [6, 6.07) is 0. The van der Waals surface area contributed by atoms with Crippen molar-refractivity contribution in [2.45, 2.75) is 27.2 Å². The van der Waals surface area contributed by atoms with E-state index in [0.717, 1.165) is 18.4 Å². The molecule has 1 rings (SSSR count). The van der Waals surface area contributed by atoms with Crippen molar-refractivity contribution in [1.82, 2.24) is 4.90 Å². The van der Waals surface area contributed by atoms with Crippen LogP contribution in [0.25, 0.3) is 0 Å². The van der Waals surface area contributed by atoms with Gasteiger partial charge in [-0.3, -0.25) is 5.41 Å². The van der Waals surface area contributed by atoms with Crippen LogP contribution in [0.5, 0.6) is 0 Å². The molecule has 2 atom stereocenters. The maximum Gasteiger partial charge on any atom is 0.0947 e. The molecule has 1 aliphatic heterocycles. The Morgan fingerprint density at radius 3 is 2.57 bits per heavy atom. The van der Waals surface area contributed by atoms with Crippen LogP contribution in [-0.4, -0.2) is 30.4 Å². The van der Waals surface area contributed by atoms with E-state index in [1.807, 2.05) is 6.92 Å². The van der Waals surface area contributed by atoms with Gasteiger partial charge in [0.2, 0.25) is 0 Å². The fourth-order valence-electron chi connectivity index (χ4n) is 2.06. The second kappa shape index (κ2) is 4.78. The second-order valence-electron chi connectivity index (χ2n) is 4.91. The summed E-state index contributed by atoms with van der Waals surface area (Å²) in [5.74, 6) is 2.15. The van der Waals surface area contributed by atoms with Crippen LogP contribution in [0, 0.1) is 23.2 Å². The van der Waals surface area contributed by atoms with Crippen molar-refractivity contribution >= 4 is 5.84 Å². The highest BCUT2D eigenvalue weighted by atomic mass is 15.1. The van der Waals surface area contributed by atoms with E-state index in [1.54, 1.807) is 0 Å². The molecule has 1 aliphatic rings. The molecule has 3 nitrogen and oxygen atoms in total. The molecule has 14 heavy (non-hydrogen) atoms. The number of likely N-dealkylation sites (tertiary alicyclic amines) is 1. The van der Waals surface area contributed by atoms with Gasteiger partial charge < -0.3 is 10.6 Å². The number of hydrogen-bond donors (Lipinski definition) is 2. The largest absolute Gasteiger partial charge is 0.387 e. The summed E-state index contributed by atoms with van der Waals surface area (Å²) in [7, 11) is 0.